The van der Waals surface area contributed by atoms with Crippen LogP contribution in [0.4, 0.5) is 10.8 Å². The lowest BCUT2D eigenvalue weighted by atomic mass is 10.1. The Kier molecular flexibility index (Phi) is 5.76. The van der Waals surface area contributed by atoms with Gasteiger partial charge in [0.05, 0.1) is 12.2 Å². The van der Waals surface area contributed by atoms with Gasteiger partial charge in [0.25, 0.3) is 0 Å². The molecule has 0 saturated heterocycles. The molecule has 0 saturated carbocycles. The van der Waals surface area contributed by atoms with E-state index in [4.69, 9.17) is 10.5 Å². The first kappa shape index (κ1) is 14.7. The summed E-state index contributed by atoms with van der Waals surface area (Å²) in [6.45, 7) is 4.42. The number of hydrogen-bond donors (Lipinski definition) is 2. The van der Waals surface area contributed by atoms with Crippen molar-refractivity contribution in [1.29, 1.82) is 0 Å². The first-order chi connectivity index (χ1) is 9.83. The van der Waals surface area contributed by atoms with Gasteiger partial charge in [0.2, 0.25) is 0 Å². The fourth-order valence-electron chi connectivity index (χ4n) is 1.81. The summed E-state index contributed by atoms with van der Waals surface area (Å²) in [6, 6.07) is 3.87. The number of unbranched alkanes of at least 4 members (excludes halogenated alkanes) is 1. The van der Waals surface area contributed by atoms with Gasteiger partial charge >= 0.3 is 0 Å². The maximum Gasteiger partial charge on any atom is 0.147 e. The standard InChI is InChI=1S/C14H20N4OS/c1-2-3-9-19-10-8-17-14-12(13(15)18-20-14)11-4-6-16-7-5-11/h4-7,17H,2-3,8-10H2,1H3,(H2,15,18). The summed E-state index contributed by atoms with van der Waals surface area (Å²) in [4.78, 5) is 4.02. The molecule has 0 spiro atoms. The Morgan fingerprint density at radius 3 is 2.85 bits per heavy atom. The van der Waals surface area contributed by atoms with Crippen LogP contribution in [0.25, 0.3) is 11.1 Å². The summed E-state index contributed by atoms with van der Waals surface area (Å²) in [6.07, 6.45) is 5.77. The number of rotatable bonds is 8. The second-order valence-corrected chi connectivity index (χ2v) is 5.17. The normalized spacial score (nSPS) is 10.7. The Morgan fingerprint density at radius 2 is 2.10 bits per heavy atom. The average Bonchev–Trinajstić information content (AvgIpc) is 2.84. The predicted octanol–water partition coefficient (Wildman–Crippen LogP) is 3.02. The predicted molar refractivity (Wildman–Crippen MR) is 84.0 cm³/mol. The lowest BCUT2D eigenvalue weighted by Gasteiger charge is -2.07. The van der Waals surface area contributed by atoms with Gasteiger partial charge in [-0.2, -0.15) is 4.37 Å². The molecule has 20 heavy (non-hydrogen) atoms. The highest BCUT2D eigenvalue weighted by atomic mass is 32.1. The molecule has 0 fully saturated rings. The SMILES string of the molecule is CCCCOCCNc1snc(N)c1-c1ccncc1. The smallest absolute Gasteiger partial charge is 0.147 e. The van der Waals surface area contributed by atoms with E-state index in [1.807, 2.05) is 12.1 Å². The van der Waals surface area contributed by atoms with Gasteiger partial charge in [-0.15, -0.1) is 0 Å². The zero-order chi connectivity index (χ0) is 14.2. The zero-order valence-corrected chi connectivity index (χ0v) is 12.4. The minimum Gasteiger partial charge on any atom is -0.382 e. The molecule has 2 heterocycles. The van der Waals surface area contributed by atoms with E-state index in [1.165, 1.54) is 11.5 Å². The van der Waals surface area contributed by atoms with E-state index in [1.54, 1.807) is 12.4 Å². The second kappa shape index (κ2) is 7.81. The average molecular weight is 292 g/mol. The van der Waals surface area contributed by atoms with Gasteiger partial charge in [-0.05, 0) is 35.6 Å². The summed E-state index contributed by atoms with van der Waals surface area (Å²) < 4.78 is 9.75. The number of anilines is 2. The van der Waals surface area contributed by atoms with Gasteiger partial charge in [0.1, 0.15) is 10.8 Å². The van der Waals surface area contributed by atoms with E-state index in [0.29, 0.717) is 12.4 Å². The van der Waals surface area contributed by atoms with E-state index in [9.17, 15) is 0 Å². The van der Waals surface area contributed by atoms with Crippen LogP contribution in [0, 0.1) is 0 Å². The molecule has 0 aliphatic rings. The molecule has 0 aliphatic carbocycles. The molecule has 6 heteroatoms. The molecule has 0 aliphatic heterocycles. The number of ether oxygens (including phenoxy) is 1. The van der Waals surface area contributed by atoms with Crippen LogP contribution in [0.15, 0.2) is 24.5 Å². The molecule has 0 amide bonds. The van der Waals surface area contributed by atoms with Crippen molar-refractivity contribution in [2.45, 2.75) is 19.8 Å². The van der Waals surface area contributed by atoms with Crippen LogP contribution in [0.1, 0.15) is 19.8 Å². The fourth-order valence-corrected chi connectivity index (χ4v) is 2.57. The second-order valence-electron chi connectivity index (χ2n) is 4.40. The molecular formula is C14H20N4OS. The lowest BCUT2D eigenvalue weighted by Crippen LogP contribution is -2.09. The summed E-state index contributed by atoms with van der Waals surface area (Å²) in [5.41, 5.74) is 7.93. The Morgan fingerprint density at radius 1 is 1.30 bits per heavy atom. The fraction of sp³-hybridized carbons (Fsp3) is 0.429. The van der Waals surface area contributed by atoms with Crippen LogP contribution in [0.5, 0.6) is 0 Å². The molecule has 0 bridgehead atoms. The molecular weight excluding hydrogens is 272 g/mol. The summed E-state index contributed by atoms with van der Waals surface area (Å²) >= 11 is 1.38. The van der Waals surface area contributed by atoms with Crippen LogP contribution in [0.3, 0.4) is 0 Å². The first-order valence-corrected chi connectivity index (χ1v) is 7.57. The van der Waals surface area contributed by atoms with Gasteiger partial charge < -0.3 is 15.8 Å². The van der Waals surface area contributed by atoms with E-state index >= 15 is 0 Å². The first-order valence-electron chi connectivity index (χ1n) is 6.80. The summed E-state index contributed by atoms with van der Waals surface area (Å²) in [7, 11) is 0. The van der Waals surface area contributed by atoms with Crippen molar-refractivity contribution in [2.75, 3.05) is 30.8 Å². The quantitative estimate of drug-likeness (QED) is 0.732. The number of aromatic nitrogens is 2. The molecule has 108 valence electrons. The van der Waals surface area contributed by atoms with Crippen molar-refractivity contribution in [2.24, 2.45) is 0 Å². The Hall–Kier alpha value is -1.66. The van der Waals surface area contributed by atoms with E-state index in [2.05, 4.69) is 21.6 Å². The molecule has 0 radical (unpaired) electrons. The third-order valence-electron chi connectivity index (χ3n) is 2.86. The number of nitrogens with zero attached hydrogens (tertiary/aromatic N) is 2. The monoisotopic (exact) mass is 292 g/mol. The molecule has 3 N–H and O–H groups in total. The zero-order valence-electron chi connectivity index (χ0n) is 11.6. The maximum atomic E-state index is 5.95. The van der Waals surface area contributed by atoms with Gasteiger partial charge in [-0.3, -0.25) is 4.98 Å². The van der Waals surface area contributed by atoms with Crippen LogP contribution in [-0.2, 0) is 4.74 Å². The third-order valence-corrected chi connectivity index (χ3v) is 3.68. The number of pyridine rings is 1. The summed E-state index contributed by atoms with van der Waals surface area (Å²) in [5.74, 6) is 0.551. The molecule has 2 aromatic heterocycles. The Labute approximate surface area is 123 Å². The minimum absolute atomic E-state index is 0.551. The number of nitrogen functional groups attached to an aromatic ring is 1. The molecule has 0 aromatic carbocycles. The van der Waals surface area contributed by atoms with Crippen LogP contribution < -0.4 is 11.1 Å². The lowest BCUT2D eigenvalue weighted by molar-refractivity contribution is 0.141. The minimum atomic E-state index is 0.551. The van der Waals surface area contributed by atoms with E-state index < -0.39 is 0 Å². The van der Waals surface area contributed by atoms with Gasteiger partial charge in [-0.25, -0.2) is 0 Å². The third kappa shape index (κ3) is 3.91. The number of nitrogens with two attached hydrogens (primary N) is 1. The topological polar surface area (TPSA) is 73.1 Å². The molecule has 0 unspecified atom stereocenters. The van der Waals surface area contributed by atoms with E-state index in [0.717, 1.165) is 42.1 Å². The highest BCUT2D eigenvalue weighted by Gasteiger charge is 2.12. The van der Waals surface area contributed by atoms with Gasteiger partial charge in [0.15, 0.2) is 0 Å². The highest BCUT2D eigenvalue weighted by Crippen LogP contribution is 2.36. The largest absolute Gasteiger partial charge is 0.382 e. The Bertz CT molecular complexity index is 515. The number of hydrogen-bond acceptors (Lipinski definition) is 6. The maximum absolute atomic E-state index is 5.95. The molecule has 2 aromatic rings. The van der Waals surface area contributed by atoms with Gasteiger partial charge in [0, 0.05) is 25.5 Å². The molecule has 2 rings (SSSR count). The van der Waals surface area contributed by atoms with Crippen molar-refractivity contribution in [3.8, 4) is 11.1 Å². The van der Waals surface area contributed by atoms with Crippen molar-refractivity contribution in [1.82, 2.24) is 9.36 Å². The van der Waals surface area contributed by atoms with E-state index in [-0.39, 0.29) is 0 Å². The van der Waals surface area contributed by atoms with Crippen LogP contribution >= 0.6 is 11.5 Å². The molecule has 0 atom stereocenters. The van der Waals surface area contributed by atoms with Crippen molar-refractivity contribution in [3.05, 3.63) is 24.5 Å². The highest BCUT2D eigenvalue weighted by molar-refractivity contribution is 7.11. The van der Waals surface area contributed by atoms with Crippen molar-refractivity contribution >= 4 is 22.4 Å². The Balaban J connectivity index is 1.93. The van der Waals surface area contributed by atoms with Crippen LogP contribution in [-0.4, -0.2) is 29.1 Å². The van der Waals surface area contributed by atoms with Crippen molar-refractivity contribution < 1.29 is 4.74 Å². The van der Waals surface area contributed by atoms with Gasteiger partial charge in [-0.1, -0.05) is 13.3 Å². The summed E-state index contributed by atoms with van der Waals surface area (Å²) in [5, 5.41) is 4.32. The van der Waals surface area contributed by atoms with Crippen molar-refractivity contribution in [3.63, 3.8) is 0 Å². The van der Waals surface area contributed by atoms with Crippen LogP contribution in [0.2, 0.25) is 0 Å². The number of nitrogens with one attached hydrogen (secondary N) is 1. The molecule has 5 nitrogen and oxygen atoms in total.